The summed E-state index contributed by atoms with van der Waals surface area (Å²) in [6, 6.07) is 6.51. The molecule has 3 heteroatoms. The standard InChI is InChI=1S/C16H23NO2/c1-4-12(3)10-14(17-5-2)13-6-7-15-16(11-13)19-9-8-18-15/h6-7,11,14,17H,3-5,8-10H2,1-2H3. The Morgan fingerprint density at radius 3 is 2.68 bits per heavy atom. The molecule has 1 atom stereocenters. The maximum absolute atomic E-state index is 5.65. The summed E-state index contributed by atoms with van der Waals surface area (Å²) in [6.07, 6.45) is 1.98. The molecule has 0 saturated carbocycles. The van der Waals surface area contributed by atoms with Crippen LogP contribution in [0.3, 0.4) is 0 Å². The topological polar surface area (TPSA) is 30.5 Å². The van der Waals surface area contributed by atoms with E-state index in [2.05, 4.69) is 37.9 Å². The average Bonchev–Trinajstić information content (AvgIpc) is 2.46. The van der Waals surface area contributed by atoms with Gasteiger partial charge in [0.25, 0.3) is 0 Å². The Balaban J connectivity index is 2.18. The highest BCUT2D eigenvalue weighted by Crippen LogP contribution is 2.34. The van der Waals surface area contributed by atoms with E-state index in [1.165, 1.54) is 11.1 Å². The second kappa shape index (κ2) is 6.62. The van der Waals surface area contributed by atoms with Crippen molar-refractivity contribution in [1.82, 2.24) is 5.32 Å². The Hall–Kier alpha value is -1.48. The van der Waals surface area contributed by atoms with Crippen LogP contribution >= 0.6 is 0 Å². The number of fused-ring (bicyclic) bond motifs is 1. The minimum Gasteiger partial charge on any atom is -0.486 e. The van der Waals surface area contributed by atoms with E-state index in [1.54, 1.807) is 0 Å². The lowest BCUT2D eigenvalue weighted by atomic mass is 9.98. The molecule has 2 rings (SSSR count). The Bertz CT molecular complexity index is 442. The summed E-state index contributed by atoms with van der Waals surface area (Å²) in [4.78, 5) is 0. The van der Waals surface area contributed by atoms with Gasteiger partial charge in [0.2, 0.25) is 0 Å². The lowest BCUT2D eigenvalue weighted by molar-refractivity contribution is 0.171. The molecule has 1 heterocycles. The summed E-state index contributed by atoms with van der Waals surface area (Å²) in [6.45, 7) is 10.6. The quantitative estimate of drug-likeness (QED) is 0.795. The van der Waals surface area contributed by atoms with Gasteiger partial charge in [0.05, 0.1) is 0 Å². The van der Waals surface area contributed by atoms with Gasteiger partial charge in [0.15, 0.2) is 11.5 Å². The van der Waals surface area contributed by atoms with Crippen molar-refractivity contribution in [2.75, 3.05) is 19.8 Å². The first-order chi connectivity index (χ1) is 9.24. The summed E-state index contributed by atoms with van der Waals surface area (Å²) in [5, 5.41) is 3.51. The van der Waals surface area contributed by atoms with Crippen molar-refractivity contribution in [1.29, 1.82) is 0 Å². The molecular weight excluding hydrogens is 238 g/mol. The van der Waals surface area contributed by atoms with Crippen molar-refractivity contribution in [2.45, 2.75) is 32.7 Å². The second-order valence-corrected chi connectivity index (χ2v) is 4.82. The van der Waals surface area contributed by atoms with Crippen molar-refractivity contribution in [3.8, 4) is 11.5 Å². The monoisotopic (exact) mass is 261 g/mol. The molecule has 104 valence electrons. The van der Waals surface area contributed by atoms with E-state index in [0.717, 1.165) is 30.9 Å². The highest BCUT2D eigenvalue weighted by molar-refractivity contribution is 5.44. The minimum absolute atomic E-state index is 0.299. The molecule has 0 aromatic heterocycles. The van der Waals surface area contributed by atoms with Gasteiger partial charge in [-0.25, -0.2) is 0 Å². The predicted octanol–water partition coefficient (Wildman–Crippen LogP) is 3.46. The molecule has 0 spiro atoms. The summed E-state index contributed by atoms with van der Waals surface area (Å²) in [7, 11) is 0. The average molecular weight is 261 g/mol. The van der Waals surface area contributed by atoms with Crippen molar-refractivity contribution >= 4 is 0 Å². The van der Waals surface area contributed by atoms with Gasteiger partial charge in [-0.15, -0.1) is 0 Å². The summed E-state index contributed by atoms with van der Waals surface area (Å²) >= 11 is 0. The predicted molar refractivity (Wildman–Crippen MR) is 77.9 cm³/mol. The van der Waals surface area contributed by atoms with E-state index in [9.17, 15) is 0 Å². The van der Waals surface area contributed by atoms with Crippen LogP contribution in [0, 0.1) is 0 Å². The number of rotatable bonds is 6. The first-order valence-electron chi connectivity index (χ1n) is 7.04. The number of hydrogen-bond acceptors (Lipinski definition) is 3. The number of benzene rings is 1. The summed E-state index contributed by atoms with van der Waals surface area (Å²) < 4.78 is 11.2. The van der Waals surface area contributed by atoms with E-state index in [1.807, 2.05) is 6.07 Å². The minimum atomic E-state index is 0.299. The third-order valence-corrected chi connectivity index (χ3v) is 3.41. The zero-order chi connectivity index (χ0) is 13.7. The molecule has 0 aliphatic carbocycles. The van der Waals surface area contributed by atoms with Gasteiger partial charge in [-0.05, 0) is 37.1 Å². The molecule has 0 amide bonds. The van der Waals surface area contributed by atoms with Crippen LogP contribution in [-0.2, 0) is 0 Å². The van der Waals surface area contributed by atoms with Crippen LogP contribution in [0.2, 0.25) is 0 Å². The smallest absolute Gasteiger partial charge is 0.161 e. The van der Waals surface area contributed by atoms with Gasteiger partial charge < -0.3 is 14.8 Å². The highest BCUT2D eigenvalue weighted by Gasteiger charge is 2.16. The lowest BCUT2D eigenvalue weighted by Crippen LogP contribution is -2.22. The van der Waals surface area contributed by atoms with Gasteiger partial charge in [0, 0.05) is 6.04 Å². The third-order valence-electron chi connectivity index (χ3n) is 3.41. The molecule has 1 aliphatic heterocycles. The third kappa shape index (κ3) is 3.51. The van der Waals surface area contributed by atoms with Crippen LogP contribution in [-0.4, -0.2) is 19.8 Å². The lowest BCUT2D eigenvalue weighted by Gasteiger charge is -2.23. The van der Waals surface area contributed by atoms with E-state index in [-0.39, 0.29) is 0 Å². The van der Waals surface area contributed by atoms with Crippen LogP contribution in [0.5, 0.6) is 11.5 Å². The first kappa shape index (κ1) is 13.9. The second-order valence-electron chi connectivity index (χ2n) is 4.82. The fourth-order valence-electron chi connectivity index (χ4n) is 2.26. The van der Waals surface area contributed by atoms with Gasteiger partial charge in [-0.1, -0.05) is 32.1 Å². The Labute approximate surface area is 115 Å². The van der Waals surface area contributed by atoms with Crippen LogP contribution in [0.25, 0.3) is 0 Å². The summed E-state index contributed by atoms with van der Waals surface area (Å²) in [5.74, 6) is 1.70. The normalized spacial score (nSPS) is 15.1. The maximum atomic E-state index is 5.65. The van der Waals surface area contributed by atoms with Gasteiger partial charge in [-0.3, -0.25) is 0 Å². The van der Waals surface area contributed by atoms with E-state index >= 15 is 0 Å². The maximum Gasteiger partial charge on any atom is 0.161 e. The molecule has 0 bridgehead atoms. The molecule has 1 aliphatic rings. The zero-order valence-electron chi connectivity index (χ0n) is 11.9. The van der Waals surface area contributed by atoms with Gasteiger partial charge in [-0.2, -0.15) is 0 Å². The molecule has 1 aromatic carbocycles. The largest absolute Gasteiger partial charge is 0.486 e. The SMILES string of the molecule is C=C(CC)CC(NCC)c1ccc2c(c1)OCCO2. The van der Waals surface area contributed by atoms with E-state index < -0.39 is 0 Å². The Morgan fingerprint density at radius 2 is 2.00 bits per heavy atom. The molecule has 0 radical (unpaired) electrons. The molecule has 1 unspecified atom stereocenters. The summed E-state index contributed by atoms with van der Waals surface area (Å²) in [5.41, 5.74) is 2.50. The van der Waals surface area contributed by atoms with Crippen molar-refractivity contribution in [2.24, 2.45) is 0 Å². The van der Waals surface area contributed by atoms with Crippen molar-refractivity contribution in [3.63, 3.8) is 0 Å². The fourth-order valence-corrected chi connectivity index (χ4v) is 2.26. The number of ether oxygens (including phenoxy) is 2. The molecule has 0 saturated heterocycles. The molecular formula is C16H23NO2. The fraction of sp³-hybridized carbons (Fsp3) is 0.500. The van der Waals surface area contributed by atoms with Crippen molar-refractivity contribution in [3.05, 3.63) is 35.9 Å². The van der Waals surface area contributed by atoms with Gasteiger partial charge in [0.1, 0.15) is 13.2 Å². The molecule has 1 aromatic rings. The van der Waals surface area contributed by atoms with Gasteiger partial charge >= 0.3 is 0 Å². The van der Waals surface area contributed by atoms with Crippen LogP contribution < -0.4 is 14.8 Å². The molecule has 0 fully saturated rings. The Kier molecular flexibility index (Phi) is 4.86. The van der Waals surface area contributed by atoms with Crippen LogP contribution in [0.4, 0.5) is 0 Å². The molecule has 1 N–H and O–H groups in total. The van der Waals surface area contributed by atoms with E-state index in [0.29, 0.717) is 19.3 Å². The van der Waals surface area contributed by atoms with Crippen molar-refractivity contribution < 1.29 is 9.47 Å². The highest BCUT2D eigenvalue weighted by atomic mass is 16.6. The number of nitrogens with one attached hydrogen (secondary N) is 1. The zero-order valence-corrected chi connectivity index (χ0v) is 11.9. The molecule has 19 heavy (non-hydrogen) atoms. The molecule has 3 nitrogen and oxygen atoms in total. The van der Waals surface area contributed by atoms with E-state index in [4.69, 9.17) is 9.47 Å². The van der Waals surface area contributed by atoms with Crippen LogP contribution in [0.15, 0.2) is 30.4 Å². The van der Waals surface area contributed by atoms with Crippen LogP contribution in [0.1, 0.15) is 38.3 Å². The number of hydrogen-bond donors (Lipinski definition) is 1. The Morgan fingerprint density at radius 1 is 1.26 bits per heavy atom. The first-order valence-corrected chi connectivity index (χ1v) is 7.04.